The molecule has 2 rings (SSSR count). The lowest BCUT2D eigenvalue weighted by molar-refractivity contribution is -0.116. The maximum Gasteiger partial charge on any atom is 0.225 e. The zero-order valence-electron chi connectivity index (χ0n) is 12.0. The Morgan fingerprint density at radius 1 is 1.48 bits per heavy atom. The van der Waals surface area contributed by atoms with Crippen molar-refractivity contribution in [3.05, 3.63) is 24.0 Å². The van der Waals surface area contributed by atoms with Gasteiger partial charge in [-0.2, -0.15) is 0 Å². The molecule has 0 spiro atoms. The first kappa shape index (κ1) is 15.7. The Bertz CT molecular complexity index is 496. The lowest BCUT2D eigenvalue weighted by atomic mass is 10.0. The van der Waals surface area contributed by atoms with Crippen LogP contribution in [0.25, 0.3) is 0 Å². The Morgan fingerprint density at radius 2 is 2.29 bits per heavy atom. The van der Waals surface area contributed by atoms with E-state index in [1.807, 2.05) is 0 Å². The van der Waals surface area contributed by atoms with Gasteiger partial charge in [0.2, 0.25) is 5.91 Å². The van der Waals surface area contributed by atoms with Gasteiger partial charge in [0.25, 0.3) is 0 Å². The number of aliphatic hydroxyl groups excluding tert-OH is 1. The van der Waals surface area contributed by atoms with Crippen LogP contribution in [-0.2, 0) is 4.79 Å². The highest BCUT2D eigenvalue weighted by atomic mass is 19.1. The summed E-state index contributed by atoms with van der Waals surface area (Å²) in [5.41, 5.74) is 6.09. The second-order valence-corrected chi connectivity index (χ2v) is 5.41. The van der Waals surface area contributed by atoms with E-state index in [2.05, 4.69) is 10.2 Å². The number of anilines is 2. The van der Waals surface area contributed by atoms with E-state index in [-0.39, 0.29) is 30.7 Å². The van der Waals surface area contributed by atoms with Gasteiger partial charge in [0, 0.05) is 24.7 Å². The monoisotopic (exact) mass is 295 g/mol. The van der Waals surface area contributed by atoms with Crippen LogP contribution in [0, 0.1) is 5.82 Å². The van der Waals surface area contributed by atoms with Crippen molar-refractivity contribution in [1.82, 2.24) is 4.90 Å². The number of likely N-dealkylation sites (tertiary alicyclic amines) is 1. The van der Waals surface area contributed by atoms with E-state index in [0.29, 0.717) is 12.2 Å². The van der Waals surface area contributed by atoms with Gasteiger partial charge in [0.1, 0.15) is 5.82 Å². The minimum absolute atomic E-state index is 0.109. The number of nitrogen functional groups attached to an aromatic ring is 1. The molecule has 1 saturated heterocycles. The summed E-state index contributed by atoms with van der Waals surface area (Å²) in [6, 6.07) is 4.22. The van der Waals surface area contributed by atoms with E-state index in [4.69, 9.17) is 5.73 Å². The van der Waals surface area contributed by atoms with Crippen molar-refractivity contribution in [2.45, 2.75) is 31.7 Å². The van der Waals surface area contributed by atoms with Gasteiger partial charge in [0.15, 0.2) is 0 Å². The maximum atomic E-state index is 13.5. The number of piperidine rings is 1. The molecule has 0 radical (unpaired) electrons. The number of nitrogens with one attached hydrogen (secondary N) is 1. The number of aliphatic hydroxyl groups is 1. The minimum atomic E-state index is -0.497. The van der Waals surface area contributed by atoms with E-state index < -0.39 is 5.82 Å². The number of amides is 1. The van der Waals surface area contributed by atoms with Crippen LogP contribution < -0.4 is 11.1 Å². The Labute approximate surface area is 123 Å². The summed E-state index contributed by atoms with van der Waals surface area (Å²) in [7, 11) is 0. The highest BCUT2D eigenvalue weighted by Gasteiger charge is 2.21. The number of nitrogens with two attached hydrogens (primary N) is 1. The molecular weight excluding hydrogens is 273 g/mol. The van der Waals surface area contributed by atoms with E-state index in [1.54, 1.807) is 0 Å². The van der Waals surface area contributed by atoms with Crippen LogP contribution in [0.2, 0.25) is 0 Å². The van der Waals surface area contributed by atoms with Gasteiger partial charge < -0.3 is 16.2 Å². The third kappa shape index (κ3) is 4.41. The summed E-state index contributed by atoms with van der Waals surface area (Å²) in [6.07, 6.45) is 3.43. The first-order chi connectivity index (χ1) is 10.1. The first-order valence-electron chi connectivity index (χ1n) is 7.30. The third-order valence-electron chi connectivity index (χ3n) is 3.85. The molecule has 0 unspecified atom stereocenters. The quantitative estimate of drug-likeness (QED) is 0.721. The van der Waals surface area contributed by atoms with Crippen molar-refractivity contribution in [3.8, 4) is 0 Å². The molecule has 6 heteroatoms. The van der Waals surface area contributed by atoms with E-state index in [9.17, 15) is 14.3 Å². The Balaban J connectivity index is 1.85. The number of hydrogen-bond acceptors (Lipinski definition) is 4. The normalized spacial score (nSPS) is 19.4. The van der Waals surface area contributed by atoms with E-state index >= 15 is 0 Å². The molecule has 0 aliphatic carbocycles. The summed E-state index contributed by atoms with van der Waals surface area (Å²) in [4.78, 5) is 14.0. The zero-order valence-corrected chi connectivity index (χ0v) is 12.0. The summed E-state index contributed by atoms with van der Waals surface area (Å²) < 4.78 is 13.5. The van der Waals surface area contributed by atoms with Gasteiger partial charge in [-0.05, 0) is 37.6 Å². The molecule has 0 bridgehead atoms. The lowest BCUT2D eigenvalue weighted by Gasteiger charge is -2.34. The molecule has 21 heavy (non-hydrogen) atoms. The second kappa shape index (κ2) is 7.38. The van der Waals surface area contributed by atoms with Gasteiger partial charge in [0.05, 0.1) is 12.3 Å². The highest BCUT2D eigenvalue weighted by Crippen LogP contribution is 2.19. The van der Waals surface area contributed by atoms with Gasteiger partial charge >= 0.3 is 0 Å². The molecule has 4 N–H and O–H groups in total. The van der Waals surface area contributed by atoms with Crippen molar-refractivity contribution in [3.63, 3.8) is 0 Å². The van der Waals surface area contributed by atoms with Crippen LogP contribution in [0.3, 0.4) is 0 Å². The molecule has 1 aromatic carbocycles. The predicted octanol–water partition coefficient (Wildman–Crippen LogP) is 1.58. The molecule has 1 heterocycles. The Hall–Kier alpha value is -1.66. The van der Waals surface area contributed by atoms with Crippen molar-refractivity contribution in [2.75, 3.05) is 30.7 Å². The molecule has 1 atom stereocenters. The van der Waals surface area contributed by atoms with Crippen molar-refractivity contribution in [2.24, 2.45) is 0 Å². The molecule has 116 valence electrons. The number of nitrogens with zero attached hydrogens (tertiary/aromatic N) is 1. The molecule has 1 aliphatic rings. The number of carbonyl (C=O) groups excluding carboxylic acids is 1. The number of benzene rings is 1. The van der Waals surface area contributed by atoms with Crippen LogP contribution in [0.1, 0.15) is 25.7 Å². The molecule has 1 aromatic rings. The average molecular weight is 295 g/mol. The minimum Gasteiger partial charge on any atom is -0.399 e. The fourth-order valence-electron chi connectivity index (χ4n) is 2.66. The maximum absolute atomic E-state index is 13.5. The molecule has 0 aromatic heterocycles. The van der Waals surface area contributed by atoms with Crippen molar-refractivity contribution >= 4 is 17.3 Å². The summed E-state index contributed by atoms with van der Waals surface area (Å²) in [6.45, 7) is 1.58. The molecule has 0 saturated carbocycles. The second-order valence-electron chi connectivity index (χ2n) is 5.41. The zero-order chi connectivity index (χ0) is 15.2. The third-order valence-corrected chi connectivity index (χ3v) is 3.85. The molecular formula is C15H22FN3O2. The Kier molecular flexibility index (Phi) is 5.52. The number of halogens is 1. The van der Waals surface area contributed by atoms with Crippen LogP contribution in [0.4, 0.5) is 15.8 Å². The van der Waals surface area contributed by atoms with Crippen LogP contribution in [-0.4, -0.2) is 41.7 Å². The molecule has 1 aliphatic heterocycles. The molecule has 5 nitrogen and oxygen atoms in total. The average Bonchev–Trinajstić information content (AvgIpc) is 2.49. The van der Waals surface area contributed by atoms with Crippen LogP contribution in [0.15, 0.2) is 18.2 Å². The van der Waals surface area contributed by atoms with E-state index in [0.717, 1.165) is 25.8 Å². The van der Waals surface area contributed by atoms with E-state index in [1.165, 1.54) is 18.2 Å². The fraction of sp³-hybridized carbons (Fsp3) is 0.533. The Morgan fingerprint density at radius 3 is 3.05 bits per heavy atom. The number of hydrogen-bond donors (Lipinski definition) is 3. The summed E-state index contributed by atoms with van der Waals surface area (Å²) >= 11 is 0. The van der Waals surface area contributed by atoms with Gasteiger partial charge in [-0.3, -0.25) is 9.69 Å². The van der Waals surface area contributed by atoms with Gasteiger partial charge in [-0.15, -0.1) is 0 Å². The topological polar surface area (TPSA) is 78.6 Å². The van der Waals surface area contributed by atoms with Crippen molar-refractivity contribution < 1.29 is 14.3 Å². The summed E-state index contributed by atoms with van der Waals surface area (Å²) in [5, 5.41) is 11.9. The fourth-order valence-corrected chi connectivity index (χ4v) is 2.66. The van der Waals surface area contributed by atoms with Gasteiger partial charge in [-0.1, -0.05) is 6.42 Å². The SMILES string of the molecule is Nc1ccc(F)c(NC(=O)CCN2CCCC[C@@H]2CO)c1. The largest absolute Gasteiger partial charge is 0.399 e. The van der Waals surface area contributed by atoms with Crippen molar-refractivity contribution in [1.29, 1.82) is 0 Å². The number of rotatable bonds is 5. The summed E-state index contributed by atoms with van der Waals surface area (Å²) in [5.74, 6) is -0.745. The lowest BCUT2D eigenvalue weighted by Crippen LogP contribution is -2.43. The van der Waals surface area contributed by atoms with Gasteiger partial charge in [-0.25, -0.2) is 4.39 Å². The molecule has 1 fully saturated rings. The highest BCUT2D eigenvalue weighted by molar-refractivity contribution is 5.91. The first-order valence-corrected chi connectivity index (χ1v) is 7.30. The molecule has 1 amide bonds. The smallest absolute Gasteiger partial charge is 0.225 e. The van der Waals surface area contributed by atoms with Crippen LogP contribution >= 0.6 is 0 Å². The standard InChI is InChI=1S/C15H22FN3O2/c16-13-5-4-11(17)9-14(13)18-15(21)6-8-19-7-2-1-3-12(19)10-20/h4-5,9,12,20H,1-3,6-8,10,17H2,(H,18,21)/t12-/m1/s1. The number of carbonyl (C=O) groups is 1. The van der Waals surface area contributed by atoms with Crippen LogP contribution in [0.5, 0.6) is 0 Å². The predicted molar refractivity (Wildman–Crippen MR) is 80.4 cm³/mol.